The van der Waals surface area contributed by atoms with Crippen LogP contribution < -0.4 is 5.73 Å². The zero-order valence-electron chi connectivity index (χ0n) is 10.4. The molecule has 2 rings (SSSR count). The van der Waals surface area contributed by atoms with Crippen LogP contribution in [0.15, 0.2) is 0 Å². The van der Waals surface area contributed by atoms with E-state index >= 15 is 0 Å². The molecule has 0 spiro atoms. The minimum absolute atomic E-state index is 0.108. The third-order valence-electron chi connectivity index (χ3n) is 3.81. The molecule has 1 aromatic heterocycles. The van der Waals surface area contributed by atoms with E-state index in [9.17, 15) is 0 Å². The molecule has 90 valence electrons. The second kappa shape index (κ2) is 4.53. The Morgan fingerprint density at radius 1 is 1.31 bits per heavy atom. The van der Waals surface area contributed by atoms with Crippen LogP contribution in [-0.2, 0) is 12.0 Å². The van der Waals surface area contributed by atoms with Gasteiger partial charge in [0.15, 0.2) is 0 Å². The summed E-state index contributed by atoms with van der Waals surface area (Å²) in [5.41, 5.74) is 6.10. The molecule has 1 saturated carbocycles. The Morgan fingerprint density at radius 3 is 2.56 bits per heavy atom. The molecule has 0 aromatic carbocycles. The average molecular weight is 222 g/mol. The summed E-state index contributed by atoms with van der Waals surface area (Å²) in [5, 5.41) is 8.62. The Kier molecular flexibility index (Phi) is 3.28. The maximum Gasteiger partial charge on any atom is 0.140 e. The minimum Gasteiger partial charge on any atom is -0.329 e. The Bertz CT molecular complexity index is 350. The monoisotopic (exact) mass is 222 g/mol. The second-order valence-corrected chi connectivity index (χ2v) is 4.91. The topological polar surface area (TPSA) is 56.7 Å². The van der Waals surface area contributed by atoms with Gasteiger partial charge < -0.3 is 10.3 Å². The maximum absolute atomic E-state index is 5.99. The lowest BCUT2D eigenvalue weighted by molar-refractivity contribution is 0.398. The maximum atomic E-state index is 5.99. The third kappa shape index (κ3) is 1.75. The van der Waals surface area contributed by atoms with Crippen molar-refractivity contribution in [1.82, 2.24) is 14.8 Å². The van der Waals surface area contributed by atoms with E-state index in [1.165, 1.54) is 25.7 Å². The summed E-state index contributed by atoms with van der Waals surface area (Å²) < 4.78 is 2.26. The van der Waals surface area contributed by atoms with Crippen LogP contribution in [0.2, 0.25) is 0 Å². The van der Waals surface area contributed by atoms with Gasteiger partial charge in [-0.05, 0) is 26.2 Å². The number of hydrogen-bond acceptors (Lipinski definition) is 3. The van der Waals surface area contributed by atoms with Crippen molar-refractivity contribution < 1.29 is 0 Å². The SMILES string of the molecule is CCCn1c(C)nnc1C1(CN)CCCC1. The highest BCUT2D eigenvalue weighted by Crippen LogP contribution is 2.39. The molecular weight excluding hydrogens is 200 g/mol. The summed E-state index contributed by atoms with van der Waals surface area (Å²) in [5.74, 6) is 2.16. The highest BCUT2D eigenvalue weighted by Gasteiger charge is 2.38. The lowest BCUT2D eigenvalue weighted by Crippen LogP contribution is -2.35. The molecule has 1 aliphatic carbocycles. The van der Waals surface area contributed by atoms with Crippen molar-refractivity contribution in [3.8, 4) is 0 Å². The van der Waals surface area contributed by atoms with Crippen LogP contribution in [0.3, 0.4) is 0 Å². The van der Waals surface area contributed by atoms with Gasteiger partial charge in [0.05, 0.1) is 0 Å². The average Bonchev–Trinajstić information content (AvgIpc) is 2.88. The van der Waals surface area contributed by atoms with Crippen molar-refractivity contribution in [3.05, 3.63) is 11.6 Å². The molecular formula is C12H22N4. The van der Waals surface area contributed by atoms with Gasteiger partial charge in [-0.15, -0.1) is 10.2 Å². The fourth-order valence-corrected chi connectivity index (χ4v) is 2.84. The summed E-state index contributed by atoms with van der Waals surface area (Å²) in [6, 6.07) is 0. The van der Waals surface area contributed by atoms with E-state index in [2.05, 4.69) is 21.7 Å². The molecule has 16 heavy (non-hydrogen) atoms. The van der Waals surface area contributed by atoms with E-state index in [0.717, 1.165) is 24.6 Å². The van der Waals surface area contributed by atoms with Crippen molar-refractivity contribution >= 4 is 0 Å². The molecule has 1 aromatic rings. The van der Waals surface area contributed by atoms with E-state index < -0.39 is 0 Å². The van der Waals surface area contributed by atoms with Gasteiger partial charge in [-0.25, -0.2) is 0 Å². The summed E-state index contributed by atoms with van der Waals surface area (Å²) >= 11 is 0. The largest absolute Gasteiger partial charge is 0.329 e. The van der Waals surface area contributed by atoms with Crippen molar-refractivity contribution in [2.75, 3.05) is 6.54 Å². The molecule has 0 saturated heterocycles. The van der Waals surface area contributed by atoms with Crippen LogP contribution >= 0.6 is 0 Å². The van der Waals surface area contributed by atoms with Gasteiger partial charge in [-0.2, -0.15) is 0 Å². The van der Waals surface area contributed by atoms with Crippen molar-refractivity contribution in [2.45, 2.75) is 57.9 Å². The minimum atomic E-state index is 0.108. The first-order chi connectivity index (χ1) is 7.73. The second-order valence-electron chi connectivity index (χ2n) is 4.91. The predicted molar refractivity (Wildman–Crippen MR) is 64.3 cm³/mol. The summed E-state index contributed by atoms with van der Waals surface area (Å²) in [6.45, 7) is 5.93. The smallest absolute Gasteiger partial charge is 0.140 e. The van der Waals surface area contributed by atoms with Crippen LogP contribution in [0.5, 0.6) is 0 Å². The summed E-state index contributed by atoms with van der Waals surface area (Å²) in [6.07, 6.45) is 6.01. The zero-order valence-corrected chi connectivity index (χ0v) is 10.4. The van der Waals surface area contributed by atoms with Crippen LogP contribution in [0.25, 0.3) is 0 Å². The Morgan fingerprint density at radius 2 is 2.00 bits per heavy atom. The molecule has 1 aliphatic rings. The fourth-order valence-electron chi connectivity index (χ4n) is 2.84. The van der Waals surface area contributed by atoms with E-state index in [1.54, 1.807) is 0 Å². The third-order valence-corrected chi connectivity index (χ3v) is 3.81. The van der Waals surface area contributed by atoms with Gasteiger partial charge >= 0.3 is 0 Å². The lowest BCUT2D eigenvalue weighted by Gasteiger charge is -2.26. The molecule has 0 radical (unpaired) electrons. The number of rotatable bonds is 4. The fraction of sp³-hybridized carbons (Fsp3) is 0.833. The van der Waals surface area contributed by atoms with E-state index in [1.807, 2.05) is 6.92 Å². The zero-order chi connectivity index (χ0) is 11.6. The predicted octanol–water partition coefficient (Wildman–Crippen LogP) is 1.77. The van der Waals surface area contributed by atoms with E-state index in [0.29, 0.717) is 6.54 Å². The Hall–Kier alpha value is -0.900. The number of nitrogens with zero attached hydrogens (tertiary/aromatic N) is 3. The van der Waals surface area contributed by atoms with Crippen molar-refractivity contribution in [2.24, 2.45) is 5.73 Å². The van der Waals surface area contributed by atoms with Crippen LogP contribution in [0.1, 0.15) is 50.7 Å². The number of aromatic nitrogens is 3. The highest BCUT2D eigenvalue weighted by atomic mass is 15.3. The lowest BCUT2D eigenvalue weighted by atomic mass is 9.85. The first kappa shape index (κ1) is 11.6. The molecule has 0 unspecified atom stereocenters. The van der Waals surface area contributed by atoms with Gasteiger partial charge in [0, 0.05) is 18.5 Å². The normalized spacial score (nSPS) is 19.2. The number of aryl methyl sites for hydroxylation is 1. The molecule has 0 bridgehead atoms. The van der Waals surface area contributed by atoms with Gasteiger partial charge in [0.2, 0.25) is 0 Å². The number of nitrogens with two attached hydrogens (primary N) is 1. The van der Waals surface area contributed by atoms with E-state index in [-0.39, 0.29) is 5.41 Å². The van der Waals surface area contributed by atoms with Gasteiger partial charge in [0.1, 0.15) is 11.6 Å². The Balaban J connectivity index is 2.37. The summed E-state index contributed by atoms with van der Waals surface area (Å²) in [7, 11) is 0. The van der Waals surface area contributed by atoms with Crippen LogP contribution in [0, 0.1) is 6.92 Å². The summed E-state index contributed by atoms with van der Waals surface area (Å²) in [4.78, 5) is 0. The molecule has 1 fully saturated rings. The van der Waals surface area contributed by atoms with Gasteiger partial charge in [0.25, 0.3) is 0 Å². The molecule has 0 atom stereocenters. The van der Waals surface area contributed by atoms with Gasteiger partial charge in [-0.1, -0.05) is 19.8 Å². The van der Waals surface area contributed by atoms with Crippen LogP contribution in [0.4, 0.5) is 0 Å². The molecule has 0 aliphatic heterocycles. The Labute approximate surface area is 97.2 Å². The highest BCUT2D eigenvalue weighted by molar-refractivity contribution is 5.13. The molecule has 0 amide bonds. The van der Waals surface area contributed by atoms with E-state index in [4.69, 9.17) is 5.73 Å². The quantitative estimate of drug-likeness (QED) is 0.844. The number of hydrogen-bond donors (Lipinski definition) is 1. The standard InChI is InChI=1S/C12H22N4/c1-3-8-16-10(2)14-15-11(16)12(9-13)6-4-5-7-12/h3-9,13H2,1-2H3. The first-order valence-corrected chi connectivity index (χ1v) is 6.34. The molecule has 1 heterocycles. The van der Waals surface area contributed by atoms with Crippen molar-refractivity contribution in [3.63, 3.8) is 0 Å². The van der Waals surface area contributed by atoms with Crippen molar-refractivity contribution in [1.29, 1.82) is 0 Å². The molecule has 4 heteroatoms. The first-order valence-electron chi connectivity index (χ1n) is 6.34. The molecule has 4 nitrogen and oxygen atoms in total. The van der Waals surface area contributed by atoms with Gasteiger partial charge in [-0.3, -0.25) is 0 Å². The molecule has 2 N–H and O–H groups in total. The van der Waals surface area contributed by atoms with Crippen LogP contribution in [-0.4, -0.2) is 21.3 Å².